The van der Waals surface area contributed by atoms with Gasteiger partial charge in [-0.2, -0.15) is 0 Å². The Labute approximate surface area is 207 Å². The Morgan fingerprint density at radius 2 is 0.914 bits per heavy atom. The van der Waals surface area contributed by atoms with E-state index in [2.05, 4.69) is 152 Å². The molecule has 0 fully saturated rings. The van der Waals surface area contributed by atoms with Gasteiger partial charge < -0.3 is 0 Å². The van der Waals surface area contributed by atoms with Gasteiger partial charge >= 0.3 is 208 Å². The van der Waals surface area contributed by atoms with Crippen molar-refractivity contribution in [1.82, 2.24) is 0 Å². The van der Waals surface area contributed by atoms with E-state index in [4.69, 9.17) is 4.52 Å². The molecule has 1 aliphatic heterocycles. The standard InChI is InChI=1S/C33H27OP/c1-5-15-27(16-6-1)25-26-32-31-23-13-14-24-33(31)35(34-32,28-17-7-2-8-18-28,29-19-9-3-10-20-29)30-21-11-4-12-22-30/h1-26,32H. The summed E-state index contributed by atoms with van der Waals surface area (Å²) in [6, 6.07) is 51.8. The van der Waals surface area contributed by atoms with Crippen LogP contribution in [0.2, 0.25) is 0 Å². The number of rotatable bonds is 5. The maximum absolute atomic E-state index is 7.63. The van der Waals surface area contributed by atoms with Crippen molar-refractivity contribution in [3.8, 4) is 0 Å². The Balaban J connectivity index is 1.71. The SMILES string of the molecule is C(=CC1OP(c2ccccc2)(c2ccccc2)(c2ccccc2)c2ccccc21)c1ccccc1. The topological polar surface area (TPSA) is 9.23 Å². The molecule has 1 heterocycles. The Morgan fingerprint density at radius 1 is 0.486 bits per heavy atom. The fourth-order valence-corrected chi connectivity index (χ4v) is 11.7. The third kappa shape index (κ3) is 3.24. The predicted octanol–water partition coefficient (Wildman–Crippen LogP) is 6.54. The van der Waals surface area contributed by atoms with Gasteiger partial charge in [-0.25, -0.2) is 0 Å². The minimum absolute atomic E-state index is 0.176. The number of fused-ring (bicyclic) bond motifs is 1. The molecule has 0 bridgehead atoms. The average Bonchev–Trinajstić information content (AvgIpc) is 3.27. The van der Waals surface area contributed by atoms with Gasteiger partial charge in [0.2, 0.25) is 0 Å². The Hall–Kier alpha value is -3.77. The third-order valence-electron chi connectivity index (χ3n) is 7.04. The van der Waals surface area contributed by atoms with Crippen LogP contribution in [0.5, 0.6) is 0 Å². The second-order valence-corrected chi connectivity index (χ2v) is 13.2. The van der Waals surface area contributed by atoms with E-state index in [1.807, 2.05) is 6.07 Å². The molecule has 0 aromatic heterocycles. The van der Waals surface area contributed by atoms with E-state index < -0.39 is 6.83 Å². The summed E-state index contributed by atoms with van der Waals surface area (Å²) < 4.78 is 7.63. The van der Waals surface area contributed by atoms with E-state index in [9.17, 15) is 0 Å². The molecular weight excluding hydrogens is 443 g/mol. The monoisotopic (exact) mass is 470 g/mol. The first-order chi connectivity index (χ1) is 17.3. The van der Waals surface area contributed by atoms with Crippen LogP contribution >= 0.6 is 6.83 Å². The first-order valence-electron chi connectivity index (χ1n) is 12.0. The van der Waals surface area contributed by atoms with Gasteiger partial charge in [0.25, 0.3) is 0 Å². The van der Waals surface area contributed by atoms with Crippen molar-refractivity contribution in [2.75, 3.05) is 0 Å². The van der Waals surface area contributed by atoms with E-state index in [0.717, 1.165) is 0 Å². The van der Waals surface area contributed by atoms with Crippen LogP contribution < -0.4 is 21.2 Å². The quantitative estimate of drug-likeness (QED) is 0.265. The summed E-state index contributed by atoms with van der Waals surface area (Å²) in [6.45, 7) is -3.51. The van der Waals surface area contributed by atoms with Gasteiger partial charge in [-0.05, 0) is 0 Å². The van der Waals surface area contributed by atoms with Gasteiger partial charge in [0.05, 0.1) is 0 Å². The fraction of sp³-hybridized carbons (Fsp3) is 0.0303. The van der Waals surface area contributed by atoms with E-state index in [-0.39, 0.29) is 6.10 Å². The summed E-state index contributed by atoms with van der Waals surface area (Å²) in [4.78, 5) is 0. The van der Waals surface area contributed by atoms with Crippen LogP contribution in [0.25, 0.3) is 6.08 Å². The summed E-state index contributed by atoms with van der Waals surface area (Å²) in [7, 11) is 0. The summed E-state index contributed by atoms with van der Waals surface area (Å²) in [5.74, 6) is 0. The van der Waals surface area contributed by atoms with Crippen LogP contribution in [0.4, 0.5) is 0 Å². The van der Waals surface area contributed by atoms with Gasteiger partial charge in [-0.15, -0.1) is 0 Å². The Kier molecular flexibility index (Phi) is 5.46. The molecule has 6 rings (SSSR count). The van der Waals surface area contributed by atoms with E-state index in [1.54, 1.807) is 0 Å². The normalized spacial score (nSPS) is 19.0. The summed E-state index contributed by atoms with van der Waals surface area (Å²) in [5, 5.41) is 4.95. The van der Waals surface area contributed by atoms with Crippen molar-refractivity contribution >= 4 is 34.1 Å². The molecule has 0 saturated carbocycles. The number of benzene rings is 5. The van der Waals surface area contributed by atoms with Gasteiger partial charge in [-0.1, -0.05) is 0 Å². The van der Waals surface area contributed by atoms with Crippen molar-refractivity contribution in [3.05, 3.63) is 163 Å². The fourth-order valence-electron chi connectivity index (χ4n) is 5.54. The Bertz CT molecular complexity index is 1360. The first kappa shape index (κ1) is 21.7. The third-order valence-corrected chi connectivity index (χ3v) is 12.9. The van der Waals surface area contributed by atoms with Crippen LogP contribution in [0.3, 0.4) is 0 Å². The van der Waals surface area contributed by atoms with Crippen molar-refractivity contribution in [3.63, 3.8) is 0 Å². The number of hydrogen-bond acceptors (Lipinski definition) is 1. The van der Waals surface area contributed by atoms with Crippen LogP contribution in [-0.2, 0) is 4.52 Å². The zero-order valence-corrected chi connectivity index (χ0v) is 20.3. The molecule has 0 N–H and O–H groups in total. The number of hydrogen-bond donors (Lipinski definition) is 0. The van der Waals surface area contributed by atoms with Crippen LogP contribution in [0, 0.1) is 0 Å². The van der Waals surface area contributed by atoms with E-state index >= 15 is 0 Å². The Morgan fingerprint density at radius 3 is 1.43 bits per heavy atom. The second-order valence-electron chi connectivity index (χ2n) is 8.90. The van der Waals surface area contributed by atoms with Crippen LogP contribution in [0.1, 0.15) is 17.2 Å². The van der Waals surface area contributed by atoms with Crippen molar-refractivity contribution in [1.29, 1.82) is 0 Å². The van der Waals surface area contributed by atoms with Gasteiger partial charge in [-0.3, -0.25) is 0 Å². The van der Waals surface area contributed by atoms with Crippen LogP contribution in [0.15, 0.2) is 152 Å². The molecule has 170 valence electrons. The van der Waals surface area contributed by atoms with Crippen molar-refractivity contribution in [2.24, 2.45) is 0 Å². The van der Waals surface area contributed by atoms with Crippen LogP contribution in [-0.4, -0.2) is 0 Å². The molecule has 0 saturated heterocycles. The molecule has 2 heteroatoms. The summed E-state index contributed by atoms with van der Waals surface area (Å²) >= 11 is 0. The average molecular weight is 471 g/mol. The van der Waals surface area contributed by atoms with Gasteiger partial charge in [0.1, 0.15) is 0 Å². The molecular formula is C33H27OP. The molecule has 5 aromatic rings. The molecule has 0 spiro atoms. The summed E-state index contributed by atoms with van der Waals surface area (Å²) in [5.41, 5.74) is 2.40. The van der Waals surface area contributed by atoms with Gasteiger partial charge in [0.15, 0.2) is 0 Å². The zero-order valence-electron chi connectivity index (χ0n) is 19.4. The maximum atomic E-state index is 7.63. The molecule has 5 aromatic carbocycles. The molecule has 1 aliphatic rings. The zero-order chi connectivity index (χ0) is 23.6. The molecule has 1 atom stereocenters. The van der Waals surface area contributed by atoms with Gasteiger partial charge in [0, 0.05) is 0 Å². The van der Waals surface area contributed by atoms with E-state index in [0.29, 0.717) is 0 Å². The van der Waals surface area contributed by atoms with Crippen molar-refractivity contribution < 1.29 is 4.52 Å². The predicted molar refractivity (Wildman–Crippen MR) is 151 cm³/mol. The summed E-state index contributed by atoms with van der Waals surface area (Å²) in [6.07, 6.45) is 4.22. The second kappa shape index (κ2) is 8.78. The molecule has 35 heavy (non-hydrogen) atoms. The minimum atomic E-state index is -3.51. The molecule has 0 aliphatic carbocycles. The molecule has 1 unspecified atom stereocenters. The molecule has 0 amide bonds. The molecule has 1 nitrogen and oxygen atoms in total. The van der Waals surface area contributed by atoms with Crippen molar-refractivity contribution in [2.45, 2.75) is 6.10 Å². The van der Waals surface area contributed by atoms with E-state index in [1.165, 1.54) is 32.3 Å². The molecule has 0 radical (unpaired) electrons. The first-order valence-corrected chi connectivity index (χ1v) is 14.2.